The molecule has 34 heavy (non-hydrogen) atoms. The summed E-state index contributed by atoms with van der Waals surface area (Å²) < 4.78 is 4.81. The smallest absolute Gasteiger partial charge is 0.336 e. The predicted octanol–water partition coefficient (Wildman–Crippen LogP) is 3.88. The van der Waals surface area contributed by atoms with Crippen LogP contribution < -0.4 is 5.32 Å². The molecule has 0 fully saturated rings. The van der Waals surface area contributed by atoms with Crippen LogP contribution in [0.2, 0.25) is 0 Å². The number of aromatic nitrogens is 1. The van der Waals surface area contributed by atoms with Gasteiger partial charge in [-0.05, 0) is 52.9 Å². The number of thiophene rings is 1. The van der Waals surface area contributed by atoms with Gasteiger partial charge in [0.1, 0.15) is 17.5 Å². The number of carbonyl (C=O) groups is 3. The van der Waals surface area contributed by atoms with Crippen molar-refractivity contribution < 1.29 is 29.3 Å². The highest BCUT2D eigenvalue weighted by molar-refractivity contribution is 7.13. The highest BCUT2D eigenvalue weighted by atomic mass is 32.1. The summed E-state index contributed by atoms with van der Waals surface area (Å²) in [4.78, 5) is 42.6. The molecule has 4 aromatic rings. The molecular weight excluding hydrogens is 456 g/mol. The molecule has 0 saturated carbocycles. The number of carboxylic acid groups (broad SMARTS) is 1. The summed E-state index contributed by atoms with van der Waals surface area (Å²) in [6.07, 6.45) is 0.113. The molecule has 0 aliphatic heterocycles. The van der Waals surface area contributed by atoms with Crippen molar-refractivity contribution >= 4 is 40.1 Å². The molecule has 0 saturated heterocycles. The van der Waals surface area contributed by atoms with Crippen molar-refractivity contribution in [1.29, 1.82) is 0 Å². The standard InChI is InChI=1S/C25H20N2O6S/c1-33-25(32)21(11-14-4-7-16(28)8-5-14)27-23(29)20-13-18(24(30)31)17-12-15(6-9-19(17)26-20)22-3-2-10-34-22/h2-10,12-13,21,28H,11H2,1H3,(H,27,29)(H,30,31)/t21-/m0/s1. The van der Waals surface area contributed by atoms with Crippen LogP contribution in [0.3, 0.4) is 0 Å². The summed E-state index contributed by atoms with van der Waals surface area (Å²) in [5, 5.41) is 24.2. The van der Waals surface area contributed by atoms with E-state index in [1.807, 2.05) is 23.6 Å². The van der Waals surface area contributed by atoms with Crippen LogP contribution in [0.1, 0.15) is 26.4 Å². The van der Waals surface area contributed by atoms with Crippen molar-refractivity contribution in [2.24, 2.45) is 0 Å². The van der Waals surface area contributed by atoms with Gasteiger partial charge in [-0.2, -0.15) is 0 Å². The number of carboxylic acids is 1. The Morgan fingerprint density at radius 3 is 2.50 bits per heavy atom. The minimum atomic E-state index is -1.20. The van der Waals surface area contributed by atoms with E-state index in [0.29, 0.717) is 16.5 Å². The van der Waals surface area contributed by atoms with Gasteiger partial charge >= 0.3 is 11.9 Å². The number of phenolic OH excluding ortho intramolecular Hbond substituents is 1. The average molecular weight is 477 g/mol. The van der Waals surface area contributed by atoms with Gasteiger partial charge in [-0.15, -0.1) is 11.3 Å². The van der Waals surface area contributed by atoms with E-state index in [-0.39, 0.29) is 23.4 Å². The summed E-state index contributed by atoms with van der Waals surface area (Å²) >= 11 is 1.53. The van der Waals surface area contributed by atoms with Crippen LogP contribution in [0.25, 0.3) is 21.3 Å². The van der Waals surface area contributed by atoms with E-state index >= 15 is 0 Å². The molecule has 0 unspecified atom stereocenters. The molecule has 172 valence electrons. The Balaban J connectivity index is 1.66. The largest absolute Gasteiger partial charge is 0.508 e. The predicted molar refractivity (Wildman–Crippen MR) is 127 cm³/mol. The number of nitrogens with one attached hydrogen (secondary N) is 1. The van der Waals surface area contributed by atoms with Crippen molar-refractivity contribution in [3.63, 3.8) is 0 Å². The van der Waals surface area contributed by atoms with Crippen molar-refractivity contribution in [3.8, 4) is 16.2 Å². The minimum Gasteiger partial charge on any atom is -0.508 e. The van der Waals surface area contributed by atoms with E-state index in [9.17, 15) is 24.6 Å². The lowest BCUT2D eigenvalue weighted by Crippen LogP contribution is -2.43. The number of hydrogen-bond donors (Lipinski definition) is 3. The van der Waals surface area contributed by atoms with E-state index in [2.05, 4.69) is 10.3 Å². The summed E-state index contributed by atoms with van der Waals surface area (Å²) in [6.45, 7) is 0. The third-order valence-corrected chi connectivity index (χ3v) is 6.16. The summed E-state index contributed by atoms with van der Waals surface area (Å²) in [6, 6.07) is 15.4. The fraction of sp³-hybridized carbons (Fsp3) is 0.120. The first-order chi connectivity index (χ1) is 16.4. The van der Waals surface area contributed by atoms with Gasteiger partial charge in [-0.3, -0.25) is 4.79 Å². The lowest BCUT2D eigenvalue weighted by Gasteiger charge is -2.17. The molecule has 9 heteroatoms. The fourth-order valence-corrected chi connectivity index (χ4v) is 4.27. The molecule has 2 heterocycles. The molecule has 0 aliphatic rings. The number of nitrogens with zero attached hydrogens (tertiary/aromatic N) is 1. The zero-order valence-corrected chi connectivity index (χ0v) is 18.8. The quantitative estimate of drug-likeness (QED) is 0.346. The highest BCUT2D eigenvalue weighted by Gasteiger charge is 2.25. The number of ether oxygens (including phenoxy) is 1. The Hall–Kier alpha value is -4.24. The van der Waals surface area contributed by atoms with Crippen LogP contribution in [0.4, 0.5) is 0 Å². The van der Waals surface area contributed by atoms with Crippen LogP contribution in [0, 0.1) is 0 Å². The van der Waals surface area contributed by atoms with Gasteiger partial charge in [0.25, 0.3) is 5.91 Å². The molecule has 3 N–H and O–H groups in total. The van der Waals surface area contributed by atoms with E-state index in [1.54, 1.807) is 24.3 Å². The van der Waals surface area contributed by atoms with Crippen LogP contribution in [-0.4, -0.2) is 46.2 Å². The molecule has 2 aromatic carbocycles. The third-order valence-electron chi connectivity index (χ3n) is 5.24. The number of phenols is 1. The third kappa shape index (κ3) is 4.89. The molecular formula is C25H20N2O6S. The lowest BCUT2D eigenvalue weighted by molar-refractivity contribution is -0.142. The Kier molecular flexibility index (Phi) is 6.55. The van der Waals surface area contributed by atoms with Crippen LogP contribution in [-0.2, 0) is 16.0 Å². The average Bonchev–Trinajstić information content (AvgIpc) is 3.38. The first-order valence-electron chi connectivity index (χ1n) is 10.2. The van der Waals surface area contributed by atoms with E-state index < -0.39 is 23.9 Å². The van der Waals surface area contributed by atoms with Crippen molar-refractivity contribution in [2.75, 3.05) is 7.11 Å². The maximum absolute atomic E-state index is 13.0. The van der Waals surface area contributed by atoms with E-state index in [4.69, 9.17) is 4.74 Å². The van der Waals surface area contributed by atoms with Gasteiger partial charge < -0.3 is 20.3 Å². The number of aromatic carboxylic acids is 1. The number of methoxy groups -OCH3 is 1. The van der Waals surface area contributed by atoms with E-state index in [1.165, 1.54) is 36.6 Å². The van der Waals surface area contributed by atoms with Crippen molar-refractivity contribution in [1.82, 2.24) is 10.3 Å². The second-order valence-corrected chi connectivity index (χ2v) is 8.44. The first-order valence-corrected chi connectivity index (χ1v) is 11.1. The SMILES string of the molecule is COC(=O)[C@H](Cc1ccc(O)cc1)NC(=O)c1cc(C(=O)O)c2cc(-c3cccs3)ccc2n1. The number of rotatable bonds is 7. The number of fused-ring (bicyclic) bond motifs is 1. The lowest BCUT2D eigenvalue weighted by atomic mass is 10.0. The Labute approximate surface area is 198 Å². The first kappa shape index (κ1) is 22.9. The highest BCUT2D eigenvalue weighted by Crippen LogP contribution is 2.29. The summed E-state index contributed by atoms with van der Waals surface area (Å²) in [5.41, 5.74) is 1.68. The van der Waals surface area contributed by atoms with Crippen LogP contribution in [0.15, 0.2) is 66.0 Å². The number of amides is 1. The molecule has 1 atom stereocenters. The van der Waals surface area contributed by atoms with Crippen molar-refractivity contribution in [3.05, 3.63) is 82.9 Å². The molecule has 2 aromatic heterocycles. The molecule has 1 amide bonds. The molecule has 0 radical (unpaired) electrons. The number of hydrogen-bond acceptors (Lipinski definition) is 7. The monoisotopic (exact) mass is 476 g/mol. The second-order valence-electron chi connectivity index (χ2n) is 7.49. The summed E-state index contributed by atoms with van der Waals surface area (Å²) in [5.74, 6) is -2.49. The fourth-order valence-electron chi connectivity index (χ4n) is 3.55. The Morgan fingerprint density at radius 2 is 1.85 bits per heavy atom. The second kappa shape index (κ2) is 9.72. The van der Waals surface area contributed by atoms with Crippen LogP contribution in [0.5, 0.6) is 5.75 Å². The van der Waals surface area contributed by atoms with Gasteiger partial charge in [0.2, 0.25) is 0 Å². The Bertz CT molecular complexity index is 1370. The molecule has 4 rings (SSSR count). The molecule has 8 nitrogen and oxygen atoms in total. The zero-order valence-electron chi connectivity index (χ0n) is 18.0. The molecule has 0 aliphatic carbocycles. The maximum atomic E-state index is 13.0. The molecule has 0 spiro atoms. The summed E-state index contributed by atoms with van der Waals surface area (Å²) in [7, 11) is 1.21. The number of esters is 1. The van der Waals surface area contributed by atoms with Crippen LogP contribution >= 0.6 is 11.3 Å². The van der Waals surface area contributed by atoms with Crippen molar-refractivity contribution in [2.45, 2.75) is 12.5 Å². The zero-order chi connectivity index (χ0) is 24.2. The maximum Gasteiger partial charge on any atom is 0.336 e. The van der Waals surface area contributed by atoms with Gasteiger partial charge in [-0.1, -0.05) is 24.3 Å². The minimum absolute atomic E-state index is 0.0679. The van der Waals surface area contributed by atoms with Gasteiger partial charge in [0.15, 0.2) is 0 Å². The van der Waals surface area contributed by atoms with E-state index in [0.717, 1.165) is 10.4 Å². The Morgan fingerprint density at radius 1 is 1.09 bits per heavy atom. The molecule has 0 bridgehead atoms. The topological polar surface area (TPSA) is 126 Å². The van der Waals surface area contributed by atoms with Gasteiger partial charge in [-0.25, -0.2) is 14.6 Å². The number of benzene rings is 2. The number of pyridine rings is 1. The normalized spacial score (nSPS) is 11.7. The number of aromatic hydroxyl groups is 1. The van der Waals surface area contributed by atoms with Gasteiger partial charge in [0.05, 0.1) is 18.2 Å². The number of carbonyl (C=O) groups excluding carboxylic acids is 2. The van der Waals surface area contributed by atoms with Gasteiger partial charge in [0, 0.05) is 16.7 Å².